The van der Waals surface area contributed by atoms with Crippen LogP contribution in [0.25, 0.3) is 0 Å². The van der Waals surface area contributed by atoms with Gasteiger partial charge in [-0.1, -0.05) is 32.1 Å². The van der Waals surface area contributed by atoms with Crippen LogP contribution in [0, 0.1) is 0 Å². The molecule has 0 aliphatic rings. The highest BCUT2D eigenvalue weighted by molar-refractivity contribution is 7.15. The van der Waals surface area contributed by atoms with E-state index in [4.69, 9.17) is 0 Å². The van der Waals surface area contributed by atoms with Gasteiger partial charge in [-0.15, -0.1) is 10.2 Å². The number of hydrogen-bond donors (Lipinski definition) is 1. The van der Waals surface area contributed by atoms with Gasteiger partial charge in [0.1, 0.15) is 5.01 Å². The van der Waals surface area contributed by atoms with E-state index in [9.17, 15) is 0 Å². The Hall–Kier alpha value is -0.640. The van der Waals surface area contributed by atoms with Crippen molar-refractivity contribution in [3.05, 3.63) is 5.01 Å². The lowest BCUT2D eigenvalue weighted by Crippen LogP contribution is -1.98. The summed E-state index contributed by atoms with van der Waals surface area (Å²) in [5, 5.41) is 13.4. The molecule has 1 aromatic heterocycles. The third kappa shape index (κ3) is 2.44. The van der Waals surface area contributed by atoms with Crippen molar-refractivity contribution in [2.24, 2.45) is 0 Å². The van der Waals surface area contributed by atoms with Crippen LogP contribution in [0.4, 0.5) is 5.13 Å². The predicted molar refractivity (Wildman–Crippen MR) is 52.8 cm³/mol. The number of nitrogens with one attached hydrogen (secondary N) is 1. The zero-order valence-corrected chi connectivity index (χ0v) is 8.61. The molecule has 0 aromatic carbocycles. The van der Waals surface area contributed by atoms with Crippen LogP contribution in [-0.2, 0) is 0 Å². The molecule has 1 heterocycles. The topological polar surface area (TPSA) is 37.8 Å². The Labute approximate surface area is 77.2 Å². The van der Waals surface area contributed by atoms with Gasteiger partial charge in [-0.05, 0) is 6.42 Å². The van der Waals surface area contributed by atoms with Gasteiger partial charge >= 0.3 is 0 Å². The molecule has 68 valence electrons. The summed E-state index contributed by atoms with van der Waals surface area (Å²) in [7, 11) is 0. The molecule has 0 saturated carbocycles. The highest BCUT2D eigenvalue weighted by atomic mass is 32.1. The zero-order chi connectivity index (χ0) is 8.97. The first-order valence-corrected chi connectivity index (χ1v) is 5.13. The summed E-state index contributed by atoms with van der Waals surface area (Å²) in [4.78, 5) is 0. The molecule has 4 heteroatoms. The Morgan fingerprint density at radius 3 is 2.67 bits per heavy atom. The minimum atomic E-state index is 0.486. The van der Waals surface area contributed by atoms with Crippen molar-refractivity contribution in [2.45, 2.75) is 33.1 Å². The summed E-state index contributed by atoms with van der Waals surface area (Å²) in [6.07, 6.45) is 1.12. The van der Waals surface area contributed by atoms with Crippen molar-refractivity contribution in [3.8, 4) is 0 Å². The van der Waals surface area contributed by atoms with Gasteiger partial charge in [0.25, 0.3) is 0 Å². The van der Waals surface area contributed by atoms with Crippen molar-refractivity contribution in [3.63, 3.8) is 0 Å². The zero-order valence-electron chi connectivity index (χ0n) is 7.79. The standard InChI is InChI=1S/C8H15N3S/c1-4-5-9-8-11-10-7(12-8)6(2)3/h6H,4-5H2,1-3H3,(H,9,11). The van der Waals surface area contributed by atoms with Gasteiger partial charge in [0.2, 0.25) is 5.13 Å². The van der Waals surface area contributed by atoms with E-state index in [1.807, 2.05) is 0 Å². The second-order valence-corrected chi connectivity index (χ2v) is 4.04. The number of rotatable bonds is 4. The maximum atomic E-state index is 4.07. The van der Waals surface area contributed by atoms with Gasteiger partial charge < -0.3 is 5.32 Å². The van der Waals surface area contributed by atoms with Gasteiger partial charge in [-0.2, -0.15) is 0 Å². The Balaban J connectivity index is 2.52. The van der Waals surface area contributed by atoms with Crippen molar-refractivity contribution >= 4 is 16.5 Å². The molecule has 0 radical (unpaired) electrons. The summed E-state index contributed by atoms with van der Waals surface area (Å²) in [6, 6.07) is 0. The van der Waals surface area contributed by atoms with E-state index >= 15 is 0 Å². The molecule has 0 bridgehead atoms. The summed E-state index contributed by atoms with van der Waals surface area (Å²) < 4.78 is 0. The van der Waals surface area contributed by atoms with Gasteiger partial charge in [-0.25, -0.2) is 0 Å². The van der Waals surface area contributed by atoms with Crippen LogP contribution in [0.15, 0.2) is 0 Å². The van der Waals surface area contributed by atoms with Crippen LogP contribution < -0.4 is 5.32 Å². The first kappa shape index (κ1) is 9.45. The molecule has 12 heavy (non-hydrogen) atoms. The van der Waals surface area contributed by atoms with E-state index in [1.165, 1.54) is 0 Å². The first-order valence-electron chi connectivity index (χ1n) is 4.31. The van der Waals surface area contributed by atoms with E-state index in [2.05, 4.69) is 36.3 Å². The lowest BCUT2D eigenvalue weighted by Gasteiger charge is -1.96. The lowest BCUT2D eigenvalue weighted by atomic mass is 10.2. The summed E-state index contributed by atoms with van der Waals surface area (Å²) in [5.41, 5.74) is 0. The monoisotopic (exact) mass is 185 g/mol. The van der Waals surface area contributed by atoms with Crippen LogP contribution in [0.1, 0.15) is 38.1 Å². The molecule has 3 nitrogen and oxygen atoms in total. The van der Waals surface area contributed by atoms with Crippen molar-refractivity contribution in [1.29, 1.82) is 0 Å². The van der Waals surface area contributed by atoms with Crippen molar-refractivity contribution in [1.82, 2.24) is 10.2 Å². The smallest absolute Gasteiger partial charge is 0.205 e. The first-order chi connectivity index (χ1) is 5.74. The molecule has 0 amide bonds. The van der Waals surface area contributed by atoms with Crippen LogP contribution in [0.2, 0.25) is 0 Å². The molecule has 0 unspecified atom stereocenters. The Kier molecular flexibility index (Phi) is 3.47. The molecule has 0 saturated heterocycles. The predicted octanol–water partition coefficient (Wildman–Crippen LogP) is 2.48. The third-order valence-electron chi connectivity index (χ3n) is 1.46. The lowest BCUT2D eigenvalue weighted by molar-refractivity contribution is 0.824. The van der Waals surface area contributed by atoms with Gasteiger partial charge in [0, 0.05) is 12.5 Å². The van der Waals surface area contributed by atoms with E-state index in [0.29, 0.717) is 5.92 Å². The fraction of sp³-hybridized carbons (Fsp3) is 0.750. The maximum absolute atomic E-state index is 4.07. The molecule has 0 spiro atoms. The number of hydrogen-bond acceptors (Lipinski definition) is 4. The van der Waals surface area contributed by atoms with Gasteiger partial charge in [0.15, 0.2) is 0 Å². The molecule has 0 aliphatic carbocycles. The number of aromatic nitrogens is 2. The van der Waals surface area contributed by atoms with E-state index in [0.717, 1.165) is 23.1 Å². The molecule has 0 atom stereocenters. The summed E-state index contributed by atoms with van der Waals surface area (Å²) >= 11 is 1.65. The normalized spacial score (nSPS) is 10.7. The van der Waals surface area contributed by atoms with E-state index < -0.39 is 0 Å². The van der Waals surface area contributed by atoms with E-state index in [-0.39, 0.29) is 0 Å². The van der Waals surface area contributed by atoms with E-state index in [1.54, 1.807) is 11.3 Å². The average molecular weight is 185 g/mol. The van der Waals surface area contributed by atoms with Gasteiger partial charge in [-0.3, -0.25) is 0 Å². The molecule has 1 aromatic rings. The Morgan fingerprint density at radius 1 is 1.42 bits per heavy atom. The Morgan fingerprint density at radius 2 is 2.17 bits per heavy atom. The molecular weight excluding hydrogens is 170 g/mol. The van der Waals surface area contributed by atoms with Crippen LogP contribution >= 0.6 is 11.3 Å². The third-order valence-corrected chi connectivity index (χ3v) is 2.64. The minimum absolute atomic E-state index is 0.486. The maximum Gasteiger partial charge on any atom is 0.205 e. The second kappa shape index (κ2) is 4.40. The van der Waals surface area contributed by atoms with Gasteiger partial charge in [0.05, 0.1) is 0 Å². The van der Waals surface area contributed by atoms with Crippen molar-refractivity contribution < 1.29 is 0 Å². The summed E-state index contributed by atoms with van der Waals surface area (Å²) in [5.74, 6) is 0.486. The second-order valence-electron chi connectivity index (χ2n) is 3.03. The number of nitrogens with zero attached hydrogens (tertiary/aromatic N) is 2. The minimum Gasteiger partial charge on any atom is -0.360 e. The van der Waals surface area contributed by atoms with Crippen LogP contribution in [0.3, 0.4) is 0 Å². The molecule has 0 fully saturated rings. The quantitative estimate of drug-likeness (QED) is 0.783. The number of anilines is 1. The van der Waals surface area contributed by atoms with Crippen molar-refractivity contribution in [2.75, 3.05) is 11.9 Å². The highest BCUT2D eigenvalue weighted by Crippen LogP contribution is 2.21. The SMILES string of the molecule is CCCNc1nnc(C(C)C)s1. The van der Waals surface area contributed by atoms with Crippen LogP contribution in [0.5, 0.6) is 0 Å². The molecular formula is C8H15N3S. The average Bonchev–Trinajstić information content (AvgIpc) is 2.48. The fourth-order valence-electron chi connectivity index (χ4n) is 0.771. The molecule has 1 N–H and O–H groups in total. The molecule has 1 rings (SSSR count). The largest absolute Gasteiger partial charge is 0.360 e. The summed E-state index contributed by atoms with van der Waals surface area (Å²) in [6.45, 7) is 7.37. The Bertz CT molecular complexity index is 232. The van der Waals surface area contributed by atoms with Crippen LogP contribution in [-0.4, -0.2) is 16.7 Å². The molecule has 0 aliphatic heterocycles. The fourth-order valence-corrected chi connectivity index (χ4v) is 1.54. The highest BCUT2D eigenvalue weighted by Gasteiger charge is 2.05.